The largest absolute Gasteiger partial charge is 0.386 e. The molecule has 0 radical (unpaired) electrons. The highest BCUT2D eigenvalue weighted by Crippen LogP contribution is 2.39. The molecule has 2 aliphatic rings. The SMILES string of the molecule is CC[C@@]1(C2=CCCCC2)C(=O)NC(=S)N=C1N. The van der Waals surface area contributed by atoms with Crippen LogP contribution in [0.3, 0.4) is 0 Å². The van der Waals surface area contributed by atoms with Crippen LogP contribution < -0.4 is 11.1 Å². The third kappa shape index (κ3) is 1.88. The molecule has 4 nitrogen and oxygen atoms in total. The van der Waals surface area contributed by atoms with Crippen LogP contribution in [0.1, 0.15) is 39.0 Å². The van der Waals surface area contributed by atoms with Gasteiger partial charge in [-0.3, -0.25) is 4.79 Å². The summed E-state index contributed by atoms with van der Waals surface area (Å²) in [6.07, 6.45) is 7.00. The third-order valence-electron chi connectivity index (χ3n) is 3.64. The van der Waals surface area contributed by atoms with Crippen LogP contribution >= 0.6 is 12.2 Å². The molecule has 0 aromatic heterocycles. The molecule has 0 spiro atoms. The maximum absolute atomic E-state index is 12.3. The van der Waals surface area contributed by atoms with E-state index in [0.717, 1.165) is 24.8 Å². The van der Waals surface area contributed by atoms with Gasteiger partial charge in [0.15, 0.2) is 0 Å². The van der Waals surface area contributed by atoms with E-state index in [4.69, 9.17) is 18.0 Å². The number of carbonyl (C=O) groups excluding carboxylic acids is 1. The fourth-order valence-electron chi connectivity index (χ4n) is 2.66. The first-order valence-corrected chi connectivity index (χ1v) is 6.41. The number of nitrogens with zero attached hydrogens (tertiary/aromatic N) is 1. The van der Waals surface area contributed by atoms with Crippen LogP contribution in [0.15, 0.2) is 16.6 Å². The number of carbonyl (C=O) groups is 1. The van der Waals surface area contributed by atoms with Gasteiger partial charge in [0.2, 0.25) is 11.0 Å². The van der Waals surface area contributed by atoms with Crippen LogP contribution in [-0.4, -0.2) is 16.9 Å². The van der Waals surface area contributed by atoms with Crippen molar-refractivity contribution in [2.24, 2.45) is 16.1 Å². The van der Waals surface area contributed by atoms with Crippen molar-refractivity contribution in [1.29, 1.82) is 0 Å². The summed E-state index contributed by atoms with van der Waals surface area (Å²) < 4.78 is 0. The van der Waals surface area contributed by atoms with Crippen LogP contribution in [0.4, 0.5) is 0 Å². The molecule has 1 amide bonds. The Balaban J connectivity index is 2.48. The van der Waals surface area contributed by atoms with Gasteiger partial charge in [-0.1, -0.05) is 18.6 Å². The normalized spacial score (nSPS) is 29.5. The molecule has 3 N–H and O–H groups in total. The minimum absolute atomic E-state index is 0.120. The summed E-state index contributed by atoms with van der Waals surface area (Å²) in [6, 6.07) is 0. The van der Waals surface area contributed by atoms with E-state index in [1.807, 2.05) is 6.92 Å². The van der Waals surface area contributed by atoms with Crippen LogP contribution in [-0.2, 0) is 4.79 Å². The molecule has 0 aromatic carbocycles. The van der Waals surface area contributed by atoms with Gasteiger partial charge in [0.1, 0.15) is 11.3 Å². The lowest BCUT2D eigenvalue weighted by Crippen LogP contribution is -2.56. The average Bonchev–Trinajstić information content (AvgIpc) is 2.30. The van der Waals surface area contributed by atoms with Crippen molar-refractivity contribution in [2.45, 2.75) is 39.0 Å². The highest BCUT2D eigenvalue weighted by Gasteiger charge is 2.46. The van der Waals surface area contributed by atoms with Gasteiger partial charge in [-0.25, -0.2) is 4.99 Å². The molecule has 17 heavy (non-hydrogen) atoms. The summed E-state index contributed by atoms with van der Waals surface area (Å²) in [7, 11) is 0. The molecule has 5 heteroatoms. The second-order valence-electron chi connectivity index (χ2n) is 4.49. The van der Waals surface area contributed by atoms with Crippen molar-refractivity contribution >= 4 is 29.1 Å². The molecule has 1 aliphatic heterocycles. The van der Waals surface area contributed by atoms with E-state index in [2.05, 4.69) is 16.4 Å². The predicted molar refractivity (Wildman–Crippen MR) is 71.6 cm³/mol. The van der Waals surface area contributed by atoms with Crippen molar-refractivity contribution in [3.63, 3.8) is 0 Å². The predicted octanol–water partition coefficient (Wildman–Crippen LogP) is 1.66. The molecule has 1 atom stereocenters. The fraction of sp³-hybridized carbons (Fsp3) is 0.583. The van der Waals surface area contributed by atoms with E-state index >= 15 is 0 Å². The van der Waals surface area contributed by atoms with Crippen molar-refractivity contribution in [1.82, 2.24) is 5.32 Å². The van der Waals surface area contributed by atoms with Gasteiger partial charge >= 0.3 is 0 Å². The molecule has 0 aromatic rings. The summed E-state index contributed by atoms with van der Waals surface area (Å²) in [5.74, 6) is 0.229. The topological polar surface area (TPSA) is 67.5 Å². The molecule has 1 aliphatic carbocycles. The summed E-state index contributed by atoms with van der Waals surface area (Å²) in [5.41, 5.74) is 6.34. The quantitative estimate of drug-likeness (QED) is 0.579. The second kappa shape index (κ2) is 4.56. The third-order valence-corrected chi connectivity index (χ3v) is 3.83. The van der Waals surface area contributed by atoms with Crippen molar-refractivity contribution in [2.75, 3.05) is 0 Å². The first-order valence-electron chi connectivity index (χ1n) is 6.01. The number of allylic oxidation sites excluding steroid dienone is 1. The van der Waals surface area contributed by atoms with Crippen LogP contribution in [0, 0.1) is 5.41 Å². The standard InChI is InChI=1S/C12H17N3OS/c1-2-12(8-6-4-3-5-7-8)9(13)14-11(17)15-10(12)16/h6H,2-5,7H2,1H3,(H3,13,14,15,16,17)/t12-/m0/s1. The lowest BCUT2D eigenvalue weighted by molar-refractivity contribution is -0.125. The van der Waals surface area contributed by atoms with Gasteiger partial charge in [0, 0.05) is 0 Å². The maximum atomic E-state index is 12.3. The van der Waals surface area contributed by atoms with Gasteiger partial charge in [-0.2, -0.15) is 0 Å². The molecule has 0 bridgehead atoms. The minimum Gasteiger partial charge on any atom is -0.386 e. The highest BCUT2D eigenvalue weighted by molar-refractivity contribution is 7.80. The van der Waals surface area contributed by atoms with Gasteiger partial charge < -0.3 is 11.1 Å². The van der Waals surface area contributed by atoms with E-state index in [-0.39, 0.29) is 11.0 Å². The minimum atomic E-state index is -0.761. The van der Waals surface area contributed by atoms with E-state index < -0.39 is 5.41 Å². The Hall–Kier alpha value is -1.23. The van der Waals surface area contributed by atoms with Crippen LogP contribution in [0.25, 0.3) is 0 Å². The number of amidine groups is 1. The monoisotopic (exact) mass is 251 g/mol. The molecule has 1 heterocycles. The Labute approximate surface area is 106 Å². The Bertz CT molecular complexity index is 427. The lowest BCUT2D eigenvalue weighted by Gasteiger charge is -2.37. The zero-order valence-electron chi connectivity index (χ0n) is 9.95. The first kappa shape index (κ1) is 12.2. The molecule has 0 saturated heterocycles. The zero-order valence-corrected chi connectivity index (χ0v) is 10.8. The Morgan fingerprint density at radius 2 is 2.35 bits per heavy atom. The van der Waals surface area contributed by atoms with Gasteiger partial charge in [-0.05, 0) is 44.3 Å². The maximum Gasteiger partial charge on any atom is 0.244 e. The second-order valence-corrected chi connectivity index (χ2v) is 4.88. The summed E-state index contributed by atoms with van der Waals surface area (Å²) in [6.45, 7) is 1.96. The number of rotatable bonds is 2. The van der Waals surface area contributed by atoms with E-state index in [1.165, 1.54) is 6.42 Å². The Morgan fingerprint density at radius 3 is 2.88 bits per heavy atom. The average molecular weight is 251 g/mol. The van der Waals surface area contributed by atoms with E-state index in [1.54, 1.807) is 0 Å². The van der Waals surface area contributed by atoms with E-state index in [9.17, 15) is 4.79 Å². The number of thiocarbonyl (C=S) groups is 1. The lowest BCUT2D eigenvalue weighted by atomic mass is 9.71. The molecule has 92 valence electrons. The number of hydrogen-bond acceptors (Lipinski definition) is 3. The molecular formula is C12H17N3OS. The van der Waals surface area contributed by atoms with Crippen molar-refractivity contribution in [3.05, 3.63) is 11.6 Å². The Morgan fingerprint density at radius 1 is 1.59 bits per heavy atom. The summed E-state index contributed by atoms with van der Waals surface area (Å²) >= 11 is 4.89. The molecule has 0 unspecified atom stereocenters. The molecular weight excluding hydrogens is 234 g/mol. The molecule has 2 rings (SSSR count). The number of nitrogens with one attached hydrogen (secondary N) is 1. The number of nitrogens with two attached hydrogens (primary N) is 1. The van der Waals surface area contributed by atoms with Gasteiger partial charge in [-0.15, -0.1) is 0 Å². The van der Waals surface area contributed by atoms with Gasteiger partial charge in [0.25, 0.3) is 0 Å². The number of aliphatic imine (C=N–C) groups is 1. The van der Waals surface area contributed by atoms with E-state index in [0.29, 0.717) is 12.3 Å². The summed E-state index contributed by atoms with van der Waals surface area (Å²) in [5, 5.41) is 2.81. The number of amides is 1. The summed E-state index contributed by atoms with van der Waals surface area (Å²) in [4.78, 5) is 16.4. The molecule has 0 fully saturated rings. The first-order chi connectivity index (χ1) is 8.11. The Kier molecular flexibility index (Phi) is 3.28. The van der Waals surface area contributed by atoms with Crippen molar-refractivity contribution < 1.29 is 4.79 Å². The zero-order chi connectivity index (χ0) is 12.5. The van der Waals surface area contributed by atoms with Crippen LogP contribution in [0.2, 0.25) is 0 Å². The van der Waals surface area contributed by atoms with Crippen molar-refractivity contribution in [3.8, 4) is 0 Å². The smallest absolute Gasteiger partial charge is 0.244 e. The number of hydrogen-bond donors (Lipinski definition) is 2. The van der Waals surface area contributed by atoms with Gasteiger partial charge in [0.05, 0.1) is 0 Å². The molecule has 0 saturated carbocycles. The highest BCUT2D eigenvalue weighted by atomic mass is 32.1. The van der Waals surface area contributed by atoms with Crippen LogP contribution in [0.5, 0.6) is 0 Å². The fourth-order valence-corrected chi connectivity index (χ4v) is 2.85.